The number of carbonyl (C=O) groups excluding carboxylic acids is 2. The van der Waals surface area contributed by atoms with Crippen LogP contribution < -0.4 is 5.32 Å². The molecular formula is C14H22N4O2. The predicted octanol–water partition coefficient (Wildman–Crippen LogP) is 0.478. The van der Waals surface area contributed by atoms with E-state index in [4.69, 9.17) is 0 Å². The Morgan fingerprint density at radius 1 is 1.45 bits per heavy atom. The van der Waals surface area contributed by atoms with Crippen LogP contribution in [0.3, 0.4) is 0 Å². The SMILES string of the molecule is CCC1(C)NC(=O)C(C)N(CCc2ccnn2C)C1=O. The van der Waals surface area contributed by atoms with Crippen molar-refractivity contribution in [2.24, 2.45) is 7.05 Å². The Kier molecular flexibility index (Phi) is 3.83. The quantitative estimate of drug-likeness (QED) is 0.871. The fourth-order valence-electron chi connectivity index (χ4n) is 2.48. The smallest absolute Gasteiger partial charge is 0.248 e. The fraction of sp³-hybridized carbons (Fsp3) is 0.643. The molecule has 2 rings (SSSR count). The van der Waals surface area contributed by atoms with E-state index in [-0.39, 0.29) is 11.8 Å². The van der Waals surface area contributed by atoms with Gasteiger partial charge in [-0.05, 0) is 26.3 Å². The Labute approximate surface area is 119 Å². The van der Waals surface area contributed by atoms with Gasteiger partial charge in [0.2, 0.25) is 11.8 Å². The molecule has 1 saturated heterocycles. The summed E-state index contributed by atoms with van der Waals surface area (Å²) in [6.07, 6.45) is 3.02. The molecule has 20 heavy (non-hydrogen) atoms. The first kappa shape index (κ1) is 14.6. The number of carbonyl (C=O) groups is 2. The Morgan fingerprint density at radius 3 is 2.70 bits per heavy atom. The number of nitrogens with zero attached hydrogens (tertiary/aromatic N) is 3. The van der Waals surface area contributed by atoms with Crippen molar-refractivity contribution in [3.05, 3.63) is 18.0 Å². The minimum absolute atomic E-state index is 0.00531. The summed E-state index contributed by atoms with van der Waals surface area (Å²) in [6.45, 7) is 6.00. The van der Waals surface area contributed by atoms with Gasteiger partial charge in [-0.3, -0.25) is 14.3 Å². The van der Waals surface area contributed by atoms with E-state index < -0.39 is 11.6 Å². The highest BCUT2D eigenvalue weighted by atomic mass is 16.2. The van der Waals surface area contributed by atoms with E-state index in [1.165, 1.54) is 0 Å². The maximum Gasteiger partial charge on any atom is 0.248 e. The topological polar surface area (TPSA) is 67.2 Å². The van der Waals surface area contributed by atoms with Gasteiger partial charge in [-0.25, -0.2) is 0 Å². The van der Waals surface area contributed by atoms with Crippen molar-refractivity contribution >= 4 is 11.8 Å². The van der Waals surface area contributed by atoms with Crippen molar-refractivity contribution in [3.8, 4) is 0 Å². The van der Waals surface area contributed by atoms with E-state index >= 15 is 0 Å². The first-order chi connectivity index (χ1) is 9.39. The van der Waals surface area contributed by atoms with Gasteiger partial charge in [0.05, 0.1) is 0 Å². The molecule has 0 aromatic carbocycles. The number of hydrogen-bond donors (Lipinski definition) is 1. The summed E-state index contributed by atoms with van der Waals surface area (Å²) < 4.78 is 1.79. The van der Waals surface area contributed by atoms with Gasteiger partial charge in [-0.1, -0.05) is 6.92 Å². The van der Waals surface area contributed by atoms with E-state index in [2.05, 4.69) is 10.4 Å². The molecule has 2 atom stereocenters. The number of hydrogen-bond acceptors (Lipinski definition) is 3. The van der Waals surface area contributed by atoms with Crippen LogP contribution >= 0.6 is 0 Å². The summed E-state index contributed by atoms with van der Waals surface area (Å²) in [5.41, 5.74) is 0.268. The van der Waals surface area contributed by atoms with E-state index in [0.29, 0.717) is 19.4 Å². The lowest BCUT2D eigenvalue weighted by atomic mass is 9.92. The normalized spacial score (nSPS) is 26.8. The lowest BCUT2D eigenvalue weighted by Crippen LogP contribution is -2.68. The third-order valence-corrected chi connectivity index (χ3v) is 4.22. The second-order valence-electron chi connectivity index (χ2n) is 5.55. The van der Waals surface area contributed by atoms with Crippen molar-refractivity contribution in [2.45, 2.75) is 45.2 Å². The van der Waals surface area contributed by atoms with Crippen molar-refractivity contribution in [3.63, 3.8) is 0 Å². The zero-order chi connectivity index (χ0) is 14.9. The Balaban J connectivity index is 2.13. The Hall–Kier alpha value is -1.85. The van der Waals surface area contributed by atoms with E-state index in [0.717, 1.165) is 5.69 Å². The number of nitrogens with one attached hydrogen (secondary N) is 1. The largest absolute Gasteiger partial charge is 0.340 e. The third-order valence-electron chi connectivity index (χ3n) is 4.22. The van der Waals surface area contributed by atoms with Gasteiger partial charge in [-0.2, -0.15) is 5.10 Å². The summed E-state index contributed by atoms with van der Waals surface area (Å²) >= 11 is 0. The molecule has 0 saturated carbocycles. The zero-order valence-electron chi connectivity index (χ0n) is 12.5. The third kappa shape index (κ3) is 2.42. The lowest BCUT2D eigenvalue weighted by Gasteiger charge is -2.43. The summed E-state index contributed by atoms with van der Waals surface area (Å²) in [5, 5.41) is 6.94. The van der Waals surface area contributed by atoms with Crippen LogP contribution in [0.2, 0.25) is 0 Å². The molecular weight excluding hydrogens is 256 g/mol. The fourth-order valence-corrected chi connectivity index (χ4v) is 2.48. The van der Waals surface area contributed by atoms with Crippen LogP contribution in [0.4, 0.5) is 0 Å². The molecule has 6 nitrogen and oxygen atoms in total. The van der Waals surface area contributed by atoms with Crippen molar-refractivity contribution in [1.29, 1.82) is 0 Å². The van der Waals surface area contributed by atoms with E-state index in [1.54, 1.807) is 29.6 Å². The first-order valence-corrected chi connectivity index (χ1v) is 6.99. The van der Waals surface area contributed by atoms with Crippen molar-refractivity contribution in [1.82, 2.24) is 20.0 Å². The molecule has 1 aromatic rings. The number of rotatable bonds is 4. The Morgan fingerprint density at radius 2 is 2.15 bits per heavy atom. The lowest BCUT2D eigenvalue weighted by molar-refractivity contribution is -0.153. The van der Waals surface area contributed by atoms with Gasteiger partial charge in [-0.15, -0.1) is 0 Å². The van der Waals surface area contributed by atoms with Crippen LogP contribution in [0.1, 0.15) is 32.9 Å². The van der Waals surface area contributed by atoms with Gasteiger partial charge >= 0.3 is 0 Å². The maximum atomic E-state index is 12.6. The Bertz CT molecular complexity index is 525. The number of amides is 2. The van der Waals surface area contributed by atoms with E-state index in [1.807, 2.05) is 20.0 Å². The average molecular weight is 278 g/mol. The van der Waals surface area contributed by atoms with Gasteiger partial charge in [0.15, 0.2) is 0 Å². The van der Waals surface area contributed by atoms with Crippen LogP contribution in [-0.4, -0.2) is 44.6 Å². The molecule has 2 heterocycles. The van der Waals surface area contributed by atoms with Crippen LogP contribution in [0, 0.1) is 0 Å². The molecule has 1 fully saturated rings. The number of aromatic nitrogens is 2. The molecule has 1 aliphatic heterocycles. The molecule has 2 amide bonds. The second kappa shape index (κ2) is 5.26. The van der Waals surface area contributed by atoms with Crippen LogP contribution in [0.25, 0.3) is 0 Å². The van der Waals surface area contributed by atoms with Crippen LogP contribution in [0.15, 0.2) is 12.3 Å². The molecule has 1 aromatic heterocycles. The number of piperazine rings is 1. The molecule has 0 bridgehead atoms. The summed E-state index contributed by atoms with van der Waals surface area (Å²) in [4.78, 5) is 26.3. The highest BCUT2D eigenvalue weighted by molar-refractivity contribution is 5.99. The molecule has 0 spiro atoms. The van der Waals surface area contributed by atoms with Crippen molar-refractivity contribution in [2.75, 3.05) is 6.54 Å². The minimum atomic E-state index is -0.782. The summed E-state index contributed by atoms with van der Waals surface area (Å²) in [6, 6.07) is 1.51. The van der Waals surface area contributed by atoms with Gasteiger partial charge in [0.1, 0.15) is 11.6 Å². The summed E-state index contributed by atoms with van der Waals surface area (Å²) in [7, 11) is 1.87. The van der Waals surface area contributed by atoms with E-state index in [9.17, 15) is 9.59 Å². The average Bonchev–Trinajstić information content (AvgIpc) is 2.82. The van der Waals surface area contributed by atoms with Crippen LogP contribution in [-0.2, 0) is 23.1 Å². The second-order valence-corrected chi connectivity index (χ2v) is 5.55. The van der Waals surface area contributed by atoms with Crippen LogP contribution in [0.5, 0.6) is 0 Å². The standard InChI is InChI=1S/C14H22N4O2/c1-5-14(3)13(20)18(10(2)12(19)16-14)9-7-11-6-8-15-17(11)4/h6,8,10H,5,7,9H2,1-4H3,(H,16,19). The zero-order valence-corrected chi connectivity index (χ0v) is 12.5. The molecule has 0 radical (unpaired) electrons. The molecule has 110 valence electrons. The van der Waals surface area contributed by atoms with Gasteiger partial charge in [0.25, 0.3) is 0 Å². The maximum absolute atomic E-state index is 12.6. The highest BCUT2D eigenvalue weighted by Gasteiger charge is 2.44. The van der Waals surface area contributed by atoms with Crippen molar-refractivity contribution < 1.29 is 9.59 Å². The number of aryl methyl sites for hydroxylation is 1. The molecule has 6 heteroatoms. The molecule has 1 aliphatic rings. The highest BCUT2D eigenvalue weighted by Crippen LogP contribution is 2.21. The van der Waals surface area contributed by atoms with Gasteiger partial charge in [0, 0.05) is 31.9 Å². The first-order valence-electron chi connectivity index (χ1n) is 6.99. The monoisotopic (exact) mass is 278 g/mol. The summed E-state index contributed by atoms with van der Waals surface area (Å²) in [5.74, 6) is -0.0896. The molecule has 1 N–H and O–H groups in total. The molecule has 0 aliphatic carbocycles. The minimum Gasteiger partial charge on any atom is -0.340 e. The predicted molar refractivity (Wildman–Crippen MR) is 74.9 cm³/mol. The molecule has 2 unspecified atom stereocenters. The van der Waals surface area contributed by atoms with Gasteiger partial charge < -0.3 is 10.2 Å².